The number of halogens is 1. The maximum atomic E-state index is 13.1. The van der Waals surface area contributed by atoms with Crippen LogP contribution in [0.4, 0.5) is 0 Å². The fraction of sp³-hybridized carbons (Fsp3) is 0.333. The summed E-state index contributed by atoms with van der Waals surface area (Å²) < 4.78 is 27.3. The molecule has 0 radical (unpaired) electrons. The van der Waals surface area contributed by atoms with Crippen molar-refractivity contribution >= 4 is 33.4 Å². The van der Waals surface area contributed by atoms with Crippen molar-refractivity contribution in [3.8, 4) is 0 Å². The molecule has 0 saturated heterocycles. The molecule has 2 N–H and O–H groups in total. The van der Waals surface area contributed by atoms with Crippen LogP contribution in [-0.2, 0) is 26.2 Å². The molecular weight excluding hydrogens is 426 g/mol. The van der Waals surface area contributed by atoms with Gasteiger partial charge in [0, 0.05) is 17.1 Å². The molecule has 2 aromatic rings. The van der Waals surface area contributed by atoms with Gasteiger partial charge in [0.15, 0.2) is 0 Å². The fourth-order valence-electron chi connectivity index (χ4n) is 2.63. The lowest BCUT2D eigenvalue weighted by Crippen LogP contribution is -2.47. The second kappa shape index (κ2) is 10.1. The van der Waals surface area contributed by atoms with Crippen molar-refractivity contribution in [3.63, 3.8) is 0 Å². The molecule has 0 fully saturated rings. The van der Waals surface area contributed by atoms with E-state index in [1.165, 1.54) is 24.3 Å². The highest BCUT2D eigenvalue weighted by atomic mass is 35.5. The van der Waals surface area contributed by atoms with Crippen LogP contribution in [0.25, 0.3) is 0 Å². The second-order valence-electron chi connectivity index (χ2n) is 7.79. The molecule has 0 bridgehead atoms. The van der Waals surface area contributed by atoms with Crippen LogP contribution >= 0.6 is 11.6 Å². The highest BCUT2D eigenvalue weighted by Gasteiger charge is 2.27. The van der Waals surface area contributed by atoms with Gasteiger partial charge in [0.05, 0.1) is 18.0 Å². The van der Waals surface area contributed by atoms with E-state index in [4.69, 9.17) is 11.6 Å². The number of hydrogen-bond donors (Lipinski definition) is 2. The summed E-state index contributed by atoms with van der Waals surface area (Å²) in [5, 5.41) is 5.62. The Kier molecular flexibility index (Phi) is 8.00. The van der Waals surface area contributed by atoms with Gasteiger partial charge < -0.3 is 10.6 Å². The van der Waals surface area contributed by atoms with E-state index < -0.39 is 28.0 Å². The number of sulfonamides is 1. The van der Waals surface area contributed by atoms with Gasteiger partial charge in [0.2, 0.25) is 21.8 Å². The summed E-state index contributed by atoms with van der Waals surface area (Å²) in [7, 11) is -3.97. The van der Waals surface area contributed by atoms with Crippen LogP contribution < -0.4 is 10.6 Å². The van der Waals surface area contributed by atoms with E-state index in [9.17, 15) is 18.0 Å². The predicted octanol–water partition coefficient (Wildman–Crippen LogP) is 2.56. The minimum Gasteiger partial charge on any atom is -0.350 e. The Bertz CT molecular complexity index is 972. The number of carbonyl (C=O) groups excluding carboxylic acids is 2. The molecule has 162 valence electrons. The minimum absolute atomic E-state index is 0.00735. The molecule has 9 heteroatoms. The average molecular weight is 452 g/mol. The maximum absolute atomic E-state index is 13.1. The molecule has 0 atom stereocenters. The largest absolute Gasteiger partial charge is 0.350 e. The summed E-state index contributed by atoms with van der Waals surface area (Å²) in [5.41, 5.74) is 0.298. The van der Waals surface area contributed by atoms with E-state index in [1.807, 2.05) is 26.8 Å². The van der Waals surface area contributed by atoms with Crippen LogP contribution in [-0.4, -0.2) is 43.2 Å². The van der Waals surface area contributed by atoms with Gasteiger partial charge in [-0.05, 0) is 50.6 Å². The van der Waals surface area contributed by atoms with Crippen LogP contribution in [0.1, 0.15) is 26.3 Å². The van der Waals surface area contributed by atoms with Crippen molar-refractivity contribution in [2.45, 2.75) is 37.8 Å². The van der Waals surface area contributed by atoms with E-state index in [0.29, 0.717) is 5.02 Å². The molecule has 0 aliphatic heterocycles. The molecule has 7 nitrogen and oxygen atoms in total. The lowest BCUT2D eigenvalue weighted by Gasteiger charge is -2.23. The molecule has 0 aromatic heterocycles. The van der Waals surface area contributed by atoms with Crippen molar-refractivity contribution in [1.29, 1.82) is 0 Å². The molecule has 0 aliphatic rings. The van der Waals surface area contributed by atoms with Gasteiger partial charge in [0.1, 0.15) is 0 Å². The Morgan fingerprint density at radius 1 is 0.967 bits per heavy atom. The molecule has 30 heavy (non-hydrogen) atoms. The normalized spacial score (nSPS) is 11.9. The van der Waals surface area contributed by atoms with Crippen molar-refractivity contribution in [3.05, 3.63) is 65.2 Å². The summed E-state index contributed by atoms with van der Waals surface area (Å²) in [4.78, 5) is 24.4. The quantitative estimate of drug-likeness (QED) is 0.644. The first-order valence-corrected chi connectivity index (χ1v) is 11.2. The van der Waals surface area contributed by atoms with Gasteiger partial charge in [-0.25, -0.2) is 8.42 Å². The van der Waals surface area contributed by atoms with E-state index in [1.54, 1.807) is 24.3 Å². The predicted molar refractivity (Wildman–Crippen MR) is 116 cm³/mol. The number of hydrogen-bond acceptors (Lipinski definition) is 4. The lowest BCUT2D eigenvalue weighted by atomic mass is 10.1. The summed E-state index contributed by atoms with van der Waals surface area (Å²) in [6, 6.07) is 14.7. The standard InChI is InChI=1S/C21H26ClN3O4S/c1-21(2,3)24-19(26)13-23-20(27)15-25(14-16-7-5-4-6-8-16)30(28,29)18-11-9-17(22)10-12-18/h4-12H,13-15H2,1-3H3,(H,23,27)(H,24,26). The van der Waals surface area contributed by atoms with Crippen LogP contribution in [0.5, 0.6) is 0 Å². The van der Waals surface area contributed by atoms with Crippen LogP contribution in [0.15, 0.2) is 59.5 Å². The lowest BCUT2D eigenvalue weighted by molar-refractivity contribution is -0.127. The fourth-order valence-corrected chi connectivity index (χ4v) is 4.14. The zero-order chi connectivity index (χ0) is 22.4. The first-order valence-electron chi connectivity index (χ1n) is 9.35. The summed E-state index contributed by atoms with van der Waals surface area (Å²) in [6.45, 7) is 4.82. The average Bonchev–Trinajstić information content (AvgIpc) is 2.66. The number of amides is 2. The Labute approximate surface area is 182 Å². The van der Waals surface area contributed by atoms with Gasteiger partial charge in [-0.1, -0.05) is 41.9 Å². The second-order valence-corrected chi connectivity index (χ2v) is 10.2. The zero-order valence-corrected chi connectivity index (χ0v) is 18.8. The van der Waals surface area contributed by atoms with Gasteiger partial charge in [-0.2, -0.15) is 4.31 Å². The smallest absolute Gasteiger partial charge is 0.243 e. The molecule has 0 unspecified atom stereocenters. The number of nitrogens with zero attached hydrogens (tertiary/aromatic N) is 1. The van der Waals surface area contributed by atoms with Crippen LogP contribution in [0.3, 0.4) is 0 Å². The number of carbonyl (C=O) groups is 2. The number of rotatable bonds is 8. The van der Waals surface area contributed by atoms with E-state index >= 15 is 0 Å². The van der Waals surface area contributed by atoms with Gasteiger partial charge in [-0.3, -0.25) is 9.59 Å². The molecule has 0 saturated carbocycles. The summed E-state index contributed by atoms with van der Waals surface area (Å²) in [5.74, 6) is -0.932. The van der Waals surface area contributed by atoms with Crippen molar-refractivity contribution in [2.75, 3.05) is 13.1 Å². The Morgan fingerprint density at radius 2 is 1.57 bits per heavy atom. The molecular formula is C21H26ClN3O4S. The molecule has 2 aromatic carbocycles. The molecule has 0 spiro atoms. The third kappa shape index (κ3) is 7.44. The monoisotopic (exact) mass is 451 g/mol. The highest BCUT2D eigenvalue weighted by molar-refractivity contribution is 7.89. The van der Waals surface area contributed by atoms with Crippen LogP contribution in [0.2, 0.25) is 5.02 Å². The van der Waals surface area contributed by atoms with E-state index in [2.05, 4.69) is 10.6 Å². The molecule has 0 heterocycles. The number of nitrogens with one attached hydrogen (secondary N) is 2. The Balaban J connectivity index is 2.16. The zero-order valence-electron chi connectivity index (χ0n) is 17.2. The van der Waals surface area contributed by atoms with Gasteiger partial charge in [-0.15, -0.1) is 0 Å². The minimum atomic E-state index is -3.97. The van der Waals surface area contributed by atoms with Crippen molar-refractivity contribution in [2.24, 2.45) is 0 Å². The maximum Gasteiger partial charge on any atom is 0.243 e. The Morgan fingerprint density at radius 3 is 2.13 bits per heavy atom. The topological polar surface area (TPSA) is 95.6 Å². The number of benzene rings is 2. The Hall–Kier alpha value is -2.42. The summed E-state index contributed by atoms with van der Waals surface area (Å²) >= 11 is 5.86. The van der Waals surface area contributed by atoms with Crippen molar-refractivity contribution < 1.29 is 18.0 Å². The van der Waals surface area contributed by atoms with Crippen LogP contribution in [0, 0.1) is 0 Å². The first kappa shape index (κ1) is 23.9. The third-order valence-corrected chi connectivity index (χ3v) is 5.99. The summed E-state index contributed by atoms with van der Waals surface area (Å²) in [6.07, 6.45) is 0. The van der Waals surface area contributed by atoms with E-state index in [-0.39, 0.29) is 23.9 Å². The molecule has 2 amide bonds. The molecule has 2 rings (SSSR count). The van der Waals surface area contributed by atoms with E-state index in [0.717, 1.165) is 9.87 Å². The van der Waals surface area contributed by atoms with Gasteiger partial charge >= 0.3 is 0 Å². The third-order valence-electron chi connectivity index (χ3n) is 3.93. The first-order chi connectivity index (χ1) is 14.0. The SMILES string of the molecule is CC(C)(C)NC(=O)CNC(=O)CN(Cc1ccccc1)S(=O)(=O)c1ccc(Cl)cc1. The van der Waals surface area contributed by atoms with Gasteiger partial charge in [0.25, 0.3) is 0 Å². The van der Waals surface area contributed by atoms with Crippen molar-refractivity contribution in [1.82, 2.24) is 14.9 Å². The molecule has 0 aliphatic carbocycles. The highest BCUT2D eigenvalue weighted by Crippen LogP contribution is 2.20.